The molecule has 2 aromatic heterocycles. The third-order valence-corrected chi connectivity index (χ3v) is 2.72. The molecule has 0 spiro atoms. The number of carbonyl (C=O) groups is 1. The molecule has 0 aliphatic heterocycles. The standard InChI is InChI=1S/C11H11NO3S/c1-3-14-11(13)9-7(2)15-10(12-9)8-4-5-16-6-8/h4-6H,3H2,1-2H3. The lowest BCUT2D eigenvalue weighted by Gasteiger charge is -1.96. The molecule has 4 nitrogen and oxygen atoms in total. The van der Waals surface area contributed by atoms with Crippen LogP contribution in [-0.2, 0) is 4.74 Å². The average molecular weight is 237 g/mol. The molecule has 2 heterocycles. The molecule has 0 unspecified atom stereocenters. The largest absolute Gasteiger partial charge is 0.461 e. The van der Waals surface area contributed by atoms with Crippen molar-refractivity contribution in [3.05, 3.63) is 28.3 Å². The van der Waals surface area contributed by atoms with Gasteiger partial charge in [0.05, 0.1) is 6.61 Å². The SMILES string of the molecule is CCOC(=O)c1nc(-c2ccsc2)oc1C. The van der Waals surface area contributed by atoms with E-state index in [-0.39, 0.29) is 5.69 Å². The lowest BCUT2D eigenvalue weighted by Crippen LogP contribution is -2.06. The number of oxazole rings is 1. The normalized spacial score (nSPS) is 10.4. The summed E-state index contributed by atoms with van der Waals surface area (Å²) in [6.07, 6.45) is 0. The van der Waals surface area contributed by atoms with Gasteiger partial charge in [0.15, 0.2) is 5.69 Å². The van der Waals surface area contributed by atoms with Crippen LogP contribution in [0.5, 0.6) is 0 Å². The second kappa shape index (κ2) is 4.49. The van der Waals surface area contributed by atoms with Crippen molar-refractivity contribution in [2.45, 2.75) is 13.8 Å². The van der Waals surface area contributed by atoms with Crippen molar-refractivity contribution in [1.29, 1.82) is 0 Å². The van der Waals surface area contributed by atoms with Gasteiger partial charge in [-0.1, -0.05) is 0 Å². The zero-order valence-electron chi connectivity index (χ0n) is 9.02. The third-order valence-electron chi connectivity index (χ3n) is 2.03. The Hall–Kier alpha value is -1.62. The summed E-state index contributed by atoms with van der Waals surface area (Å²) in [6, 6.07) is 1.89. The van der Waals surface area contributed by atoms with E-state index in [0.29, 0.717) is 18.3 Å². The van der Waals surface area contributed by atoms with E-state index in [4.69, 9.17) is 9.15 Å². The molecular formula is C11H11NO3S. The molecule has 0 amide bonds. The summed E-state index contributed by atoms with van der Waals surface area (Å²) in [5.74, 6) is 0.506. The van der Waals surface area contributed by atoms with Crippen LogP contribution in [0.2, 0.25) is 0 Å². The fourth-order valence-electron chi connectivity index (χ4n) is 1.29. The molecule has 0 radical (unpaired) electrons. The third kappa shape index (κ3) is 1.99. The average Bonchev–Trinajstić information content (AvgIpc) is 2.86. The smallest absolute Gasteiger partial charge is 0.360 e. The molecule has 0 fully saturated rings. The minimum absolute atomic E-state index is 0.253. The van der Waals surface area contributed by atoms with E-state index in [2.05, 4.69) is 4.98 Å². The zero-order chi connectivity index (χ0) is 11.5. The van der Waals surface area contributed by atoms with Gasteiger partial charge in [-0.2, -0.15) is 11.3 Å². The Bertz CT molecular complexity index is 487. The van der Waals surface area contributed by atoms with Crippen LogP contribution in [0, 0.1) is 6.92 Å². The number of rotatable bonds is 3. The van der Waals surface area contributed by atoms with Crippen LogP contribution in [0.15, 0.2) is 21.2 Å². The number of hydrogen-bond acceptors (Lipinski definition) is 5. The summed E-state index contributed by atoms with van der Waals surface area (Å²) in [4.78, 5) is 15.6. The highest BCUT2D eigenvalue weighted by atomic mass is 32.1. The van der Waals surface area contributed by atoms with Crippen LogP contribution in [0.3, 0.4) is 0 Å². The van der Waals surface area contributed by atoms with Gasteiger partial charge < -0.3 is 9.15 Å². The summed E-state index contributed by atoms with van der Waals surface area (Å²) >= 11 is 1.55. The van der Waals surface area contributed by atoms with Crippen molar-refractivity contribution in [3.63, 3.8) is 0 Å². The molecule has 0 aromatic carbocycles. The first kappa shape index (κ1) is 10.9. The number of thiophene rings is 1. The maximum atomic E-state index is 11.5. The maximum Gasteiger partial charge on any atom is 0.360 e. The quantitative estimate of drug-likeness (QED) is 0.770. The van der Waals surface area contributed by atoms with Crippen molar-refractivity contribution in [1.82, 2.24) is 4.98 Å². The Morgan fingerprint density at radius 2 is 2.44 bits per heavy atom. The summed E-state index contributed by atoms with van der Waals surface area (Å²) in [7, 11) is 0. The minimum atomic E-state index is -0.440. The van der Waals surface area contributed by atoms with E-state index in [1.165, 1.54) is 0 Å². The van der Waals surface area contributed by atoms with E-state index in [1.807, 2.05) is 16.8 Å². The van der Waals surface area contributed by atoms with E-state index in [1.54, 1.807) is 25.2 Å². The second-order valence-electron chi connectivity index (χ2n) is 3.16. The monoisotopic (exact) mass is 237 g/mol. The molecular weight excluding hydrogens is 226 g/mol. The van der Waals surface area contributed by atoms with Crippen molar-refractivity contribution in [2.75, 3.05) is 6.61 Å². The van der Waals surface area contributed by atoms with Gasteiger partial charge in [0.1, 0.15) is 5.76 Å². The number of carbonyl (C=O) groups excluding carboxylic acids is 1. The van der Waals surface area contributed by atoms with Crippen molar-refractivity contribution >= 4 is 17.3 Å². The first-order chi connectivity index (χ1) is 7.72. The van der Waals surface area contributed by atoms with Crippen LogP contribution in [-0.4, -0.2) is 17.6 Å². The zero-order valence-corrected chi connectivity index (χ0v) is 9.84. The molecule has 0 aliphatic carbocycles. The first-order valence-electron chi connectivity index (χ1n) is 4.89. The highest BCUT2D eigenvalue weighted by Gasteiger charge is 2.18. The number of aromatic nitrogens is 1. The fourth-order valence-corrected chi connectivity index (χ4v) is 1.92. The number of aryl methyl sites for hydroxylation is 1. The Balaban J connectivity index is 2.32. The van der Waals surface area contributed by atoms with Crippen LogP contribution >= 0.6 is 11.3 Å². The van der Waals surface area contributed by atoms with Crippen LogP contribution < -0.4 is 0 Å². The molecule has 0 aliphatic rings. The van der Waals surface area contributed by atoms with Gasteiger partial charge in [0, 0.05) is 10.9 Å². The molecule has 2 rings (SSSR count). The second-order valence-corrected chi connectivity index (χ2v) is 3.94. The molecule has 5 heteroatoms. The van der Waals surface area contributed by atoms with E-state index in [0.717, 1.165) is 5.56 Å². The van der Waals surface area contributed by atoms with Gasteiger partial charge in [-0.3, -0.25) is 0 Å². The molecule has 16 heavy (non-hydrogen) atoms. The summed E-state index contributed by atoms with van der Waals surface area (Å²) in [5, 5.41) is 3.85. The van der Waals surface area contributed by atoms with E-state index < -0.39 is 5.97 Å². The molecule has 0 N–H and O–H groups in total. The summed E-state index contributed by atoms with van der Waals surface area (Å²) in [6.45, 7) is 3.79. The molecule has 84 valence electrons. The van der Waals surface area contributed by atoms with Crippen molar-refractivity contribution in [3.8, 4) is 11.5 Å². The topological polar surface area (TPSA) is 52.3 Å². The highest BCUT2D eigenvalue weighted by molar-refractivity contribution is 7.08. The van der Waals surface area contributed by atoms with E-state index >= 15 is 0 Å². The maximum absolute atomic E-state index is 11.5. The van der Waals surface area contributed by atoms with Gasteiger partial charge in [-0.05, 0) is 25.3 Å². The van der Waals surface area contributed by atoms with Crippen LogP contribution in [0.4, 0.5) is 0 Å². The van der Waals surface area contributed by atoms with Crippen molar-refractivity contribution < 1.29 is 13.9 Å². The molecule has 0 saturated heterocycles. The van der Waals surface area contributed by atoms with Crippen molar-refractivity contribution in [2.24, 2.45) is 0 Å². The predicted molar refractivity (Wildman–Crippen MR) is 60.5 cm³/mol. The lowest BCUT2D eigenvalue weighted by atomic mass is 10.3. The number of ether oxygens (including phenoxy) is 1. The van der Waals surface area contributed by atoms with E-state index in [9.17, 15) is 4.79 Å². The van der Waals surface area contributed by atoms with Crippen LogP contribution in [0.25, 0.3) is 11.5 Å². The highest BCUT2D eigenvalue weighted by Crippen LogP contribution is 2.24. The molecule has 0 saturated carbocycles. The fraction of sp³-hybridized carbons (Fsp3) is 0.273. The molecule has 0 atom stereocenters. The Kier molecular flexibility index (Phi) is 3.05. The summed E-state index contributed by atoms with van der Waals surface area (Å²) in [5.41, 5.74) is 1.13. The number of esters is 1. The number of hydrogen-bond donors (Lipinski definition) is 0. The number of nitrogens with zero attached hydrogens (tertiary/aromatic N) is 1. The minimum Gasteiger partial charge on any atom is -0.461 e. The molecule has 2 aromatic rings. The Morgan fingerprint density at radius 3 is 3.06 bits per heavy atom. The molecule has 0 bridgehead atoms. The van der Waals surface area contributed by atoms with Crippen LogP contribution in [0.1, 0.15) is 23.2 Å². The van der Waals surface area contributed by atoms with Gasteiger partial charge in [0.25, 0.3) is 0 Å². The predicted octanol–water partition coefficient (Wildman–Crippen LogP) is 2.89. The first-order valence-corrected chi connectivity index (χ1v) is 5.83. The summed E-state index contributed by atoms with van der Waals surface area (Å²) < 4.78 is 10.3. The lowest BCUT2D eigenvalue weighted by molar-refractivity contribution is 0.0518. The Morgan fingerprint density at radius 1 is 1.62 bits per heavy atom. The van der Waals surface area contributed by atoms with Gasteiger partial charge in [-0.15, -0.1) is 0 Å². The van der Waals surface area contributed by atoms with Gasteiger partial charge >= 0.3 is 5.97 Å². The Labute approximate surface area is 96.9 Å². The van der Waals surface area contributed by atoms with Gasteiger partial charge in [0.2, 0.25) is 5.89 Å². The van der Waals surface area contributed by atoms with Gasteiger partial charge in [-0.25, -0.2) is 9.78 Å².